The molecule has 126 valence electrons. The third-order valence-corrected chi connectivity index (χ3v) is 5.93. The highest BCUT2D eigenvalue weighted by molar-refractivity contribution is 7.88. The first kappa shape index (κ1) is 16.4. The Hall–Kier alpha value is -1.44. The molecule has 0 spiro atoms. The SMILES string of the molecule is CS(=O)(=O)N1CCN(CCC(=O)N2CCc3ccccc32)CC1. The van der Waals surface area contributed by atoms with E-state index < -0.39 is 10.0 Å². The molecular formula is C16H23N3O3S. The zero-order valence-corrected chi connectivity index (χ0v) is 14.3. The summed E-state index contributed by atoms with van der Waals surface area (Å²) >= 11 is 0. The van der Waals surface area contributed by atoms with Gasteiger partial charge in [-0.1, -0.05) is 18.2 Å². The van der Waals surface area contributed by atoms with Gasteiger partial charge in [0.2, 0.25) is 15.9 Å². The third-order valence-electron chi connectivity index (χ3n) is 4.63. The van der Waals surface area contributed by atoms with Crippen LogP contribution >= 0.6 is 0 Å². The molecule has 2 heterocycles. The molecule has 1 fully saturated rings. The predicted octanol–water partition coefficient (Wildman–Crippen LogP) is 0.543. The van der Waals surface area contributed by atoms with Gasteiger partial charge in [-0.3, -0.25) is 4.79 Å². The second kappa shape index (κ2) is 6.59. The summed E-state index contributed by atoms with van der Waals surface area (Å²) in [6.07, 6.45) is 2.65. The van der Waals surface area contributed by atoms with Crippen molar-refractivity contribution in [3.05, 3.63) is 29.8 Å². The van der Waals surface area contributed by atoms with Crippen molar-refractivity contribution in [2.24, 2.45) is 0 Å². The molecule has 0 radical (unpaired) electrons. The van der Waals surface area contributed by atoms with Crippen LogP contribution in [-0.4, -0.2) is 69.1 Å². The number of amides is 1. The molecule has 6 nitrogen and oxygen atoms in total. The van der Waals surface area contributed by atoms with E-state index in [2.05, 4.69) is 11.0 Å². The highest BCUT2D eigenvalue weighted by Gasteiger charge is 2.26. The van der Waals surface area contributed by atoms with Crippen molar-refractivity contribution < 1.29 is 13.2 Å². The Morgan fingerprint density at radius 3 is 2.48 bits per heavy atom. The van der Waals surface area contributed by atoms with Gasteiger partial charge in [0, 0.05) is 51.4 Å². The minimum absolute atomic E-state index is 0.153. The van der Waals surface area contributed by atoms with Crippen LogP contribution < -0.4 is 4.90 Å². The molecule has 1 amide bonds. The summed E-state index contributed by atoms with van der Waals surface area (Å²) in [6.45, 7) is 3.86. The summed E-state index contributed by atoms with van der Waals surface area (Å²) in [5, 5.41) is 0. The molecule has 23 heavy (non-hydrogen) atoms. The summed E-state index contributed by atoms with van der Waals surface area (Å²) in [6, 6.07) is 8.06. The Morgan fingerprint density at radius 2 is 1.78 bits per heavy atom. The highest BCUT2D eigenvalue weighted by Crippen LogP contribution is 2.27. The van der Waals surface area contributed by atoms with Crippen molar-refractivity contribution in [3.63, 3.8) is 0 Å². The Morgan fingerprint density at radius 1 is 1.09 bits per heavy atom. The summed E-state index contributed by atoms with van der Waals surface area (Å²) in [5.41, 5.74) is 2.28. The largest absolute Gasteiger partial charge is 0.312 e. The van der Waals surface area contributed by atoms with Crippen molar-refractivity contribution in [3.8, 4) is 0 Å². The van der Waals surface area contributed by atoms with Gasteiger partial charge in [0.15, 0.2) is 0 Å². The molecule has 2 aliphatic heterocycles. The number of hydrogen-bond acceptors (Lipinski definition) is 4. The average molecular weight is 337 g/mol. The van der Waals surface area contributed by atoms with Crippen LogP contribution in [0.1, 0.15) is 12.0 Å². The van der Waals surface area contributed by atoms with Gasteiger partial charge in [-0.15, -0.1) is 0 Å². The molecule has 0 aromatic heterocycles. The topological polar surface area (TPSA) is 60.9 Å². The summed E-state index contributed by atoms with van der Waals surface area (Å²) in [5.74, 6) is 0.153. The lowest BCUT2D eigenvalue weighted by Gasteiger charge is -2.33. The standard InChI is InChI=1S/C16H23N3O3S/c1-23(21,22)18-12-10-17(11-13-18)8-7-16(20)19-9-6-14-4-2-3-5-15(14)19/h2-5H,6-13H2,1H3. The number of para-hydroxylation sites is 1. The zero-order chi connectivity index (χ0) is 16.4. The number of sulfonamides is 1. The van der Waals surface area contributed by atoms with Crippen LogP contribution in [-0.2, 0) is 21.2 Å². The van der Waals surface area contributed by atoms with Crippen molar-refractivity contribution in [1.82, 2.24) is 9.21 Å². The van der Waals surface area contributed by atoms with Gasteiger partial charge in [0.1, 0.15) is 0 Å². The minimum atomic E-state index is -3.10. The maximum Gasteiger partial charge on any atom is 0.228 e. The van der Waals surface area contributed by atoms with Crippen molar-refractivity contribution in [2.45, 2.75) is 12.8 Å². The van der Waals surface area contributed by atoms with Gasteiger partial charge in [-0.2, -0.15) is 4.31 Å². The Labute approximate surface area is 137 Å². The number of anilines is 1. The molecule has 7 heteroatoms. The van der Waals surface area contributed by atoms with E-state index in [0.29, 0.717) is 39.1 Å². The Bertz CT molecular complexity index is 682. The van der Waals surface area contributed by atoms with E-state index in [1.807, 2.05) is 23.1 Å². The number of nitrogens with zero attached hydrogens (tertiary/aromatic N) is 3. The first-order valence-electron chi connectivity index (χ1n) is 8.01. The smallest absolute Gasteiger partial charge is 0.228 e. The second-order valence-corrected chi connectivity index (χ2v) is 8.16. The van der Waals surface area contributed by atoms with Gasteiger partial charge in [-0.25, -0.2) is 8.42 Å². The van der Waals surface area contributed by atoms with Crippen LogP contribution in [0.3, 0.4) is 0 Å². The van der Waals surface area contributed by atoms with E-state index >= 15 is 0 Å². The number of piperazine rings is 1. The molecule has 1 aromatic carbocycles. The van der Waals surface area contributed by atoms with E-state index in [4.69, 9.17) is 0 Å². The summed E-state index contributed by atoms with van der Waals surface area (Å²) in [7, 11) is -3.10. The molecule has 0 unspecified atom stereocenters. The molecule has 0 atom stereocenters. The number of carbonyl (C=O) groups excluding carboxylic acids is 1. The minimum Gasteiger partial charge on any atom is -0.312 e. The molecule has 0 aliphatic carbocycles. The number of fused-ring (bicyclic) bond motifs is 1. The molecule has 0 bridgehead atoms. The number of hydrogen-bond donors (Lipinski definition) is 0. The van der Waals surface area contributed by atoms with E-state index in [1.54, 1.807) is 0 Å². The number of carbonyl (C=O) groups is 1. The third kappa shape index (κ3) is 3.73. The summed E-state index contributed by atoms with van der Waals surface area (Å²) < 4.78 is 24.5. The molecule has 1 aromatic rings. The normalized spacial score (nSPS) is 19.8. The Balaban J connectivity index is 1.50. The molecular weight excluding hydrogens is 314 g/mol. The second-order valence-electron chi connectivity index (χ2n) is 6.18. The first-order chi connectivity index (χ1) is 10.9. The van der Waals surface area contributed by atoms with E-state index in [9.17, 15) is 13.2 Å². The first-order valence-corrected chi connectivity index (χ1v) is 9.86. The Kier molecular flexibility index (Phi) is 4.70. The lowest BCUT2D eigenvalue weighted by molar-refractivity contribution is -0.118. The van der Waals surface area contributed by atoms with E-state index in [-0.39, 0.29) is 5.91 Å². The average Bonchev–Trinajstić information content (AvgIpc) is 2.96. The fraction of sp³-hybridized carbons (Fsp3) is 0.562. The van der Waals surface area contributed by atoms with Crippen LogP contribution in [0.25, 0.3) is 0 Å². The lowest BCUT2D eigenvalue weighted by atomic mass is 10.2. The van der Waals surface area contributed by atoms with E-state index in [1.165, 1.54) is 16.1 Å². The van der Waals surface area contributed by atoms with Gasteiger partial charge >= 0.3 is 0 Å². The molecule has 0 saturated carbocycles. The fourth-order valence-corrected chi connectivity index (χ4v) is 4.10. The van der Waals surface area contributed by atoms with Gasteiger partial charge in [0.25, 0.3) is 0 Å². The van der Waals surface area contributed by atoms with Gasteiger partial charge in [0.05, 0.1) is 6.26 Å². The van der Waals surface area contributed by atoms with Crippen LogP contribution in [0.2, 0.25) is 0 Å². The predicted molar refractivity (Wildman–Crippen MR) is 90.0 cm³/mol. The lowest BCUT2D eigenvalue weighted by Crippen LogP contribution is -2.49. The quantitative estimate of drug-likeness (QED) is 0.805. The van der Waals surface area contributed by atoms with Crippen LogP contribution in [0.15, 0.2) is 24.3 Å². The molecule has 0 N–H and O–H groups in total. The molecule has 1 saturated heterocycles. The van der Waals surface area contributed by atoms with Crippen LogP contribution in [0.4, 0.5) is 5.69 Å². The fourth-order valence-electron chi connectivity index (χ4n) is 3.27. The van der Waals surface area contributed by atoms with E-state index in [0.717, 1.165) is 18.7 Å². The maximum atomic E-state index is 12.5. The van der Waals surface area contributed by atoms with Crippen molar-refractivity contribution >= 4 is 21.6 Å². The maximum absolute atomic E-state index is 12.5. The summed E-state index contributed by atoms with van der Waals surface area (Å²) in [4.78, 5) is 16.5. The molecule has 3 rings (SSSR count). The number of rotatable bonds is 4. The van der Waals surface area contributed by atoms with Gasteiger partial charge < -0.3 is 9.80 Å². The highest BCUT2D eigenvalue weighted by atomic mass is 32.2. The van der Waals surface area contributed by atoms with Crippen molar-refractivity contribution in [2.75, 3.05) is 50.4 Å². The van der Waals surface area contributed by atoms with Crippen molar-refractivity contribution in [1.29, 1.82) is 0 Å². The molecule has 2 aliphatic rings. The monoisotopic (exact) mass is 337 g/mol. The van der Waals surface area contributed by atoms with Gasteiger partial charge in [-0.05, 0) is 18.1 Å². The van der Waals surface area contributed by atoms with Crippen LogP contribution in [0, 0.1) is 0 Å². The van der Waals surface area contributed by atoms with Crippen LogP contribution in [0.5, 0.6) is 0 Å². The zero-order valence-electron chi connectivity index (χ0n) is 13.4. The number of benzene rings is 1.